The number of rotatable bonds is 2. The molecule has 8 unspecified atom stereocenters. The topological polar surface area (TPSA) is 49.3 Å². The van der Waals surface area contributed by atoms with Gasteiger partial charge in [-0.2, -0.15) is 0 Å². The van der Waals surface area contributed by atoms with Crippen molar-refractivity contribution in [2.45, 2.75) is 130 Å². The van der Waals surface area contributed by atoms with E-state index in [-0.39, 0.29) is 17.1 Å². The Morgan fingerprint density at radius 3 is 2.26 bits per heavy atom. The highest BCUT2D eigenvalue weighted by atomic mass is 16.3. The van der Waals surface area contributed by atoms with E-state index in [1.54, 1.807) is 5.57 Å². The summed E-state index contributed by atoms with van der Waals surface area (Å²) >= 11 is 0. The molecule has 196 valence electrons. The number of hydrogen-bond donors (Lipinski definition) is 2. The molecular weight excluding hydrogens is 430 g/mol. The molecule has 6 aliphatic carbocycles. The third-order valence-electron chi connectivity index (χ3n) is 13.1. The van der Waals surface area contributed by atoms with Gasteiger partial charge >= 0.3 is 0 Å². The summed E-state index contributed by atoms with van der Waals surface area (Å²) in [6.45, 7) is 14.8. The first-order valence-electron chi connectivity index (χ1n) is 15.0. The molecule has 0 aliphatic heterocycles. The summed E-state index contributed by atoms with van der Waals surface area (Å²) in [5.74, 6) is 3.14. The smallest absolute Gasteiger partial charge is 0.223 e. The lowest BCUT2D eigenvalue weighted by atomic mass is 9.37. The molecule has 6 rings (SSSR count). The molecule has 3 heteroatoms. The summed E-state index contributed by atoms with van der Waals surface area (Å²) in [5.41, 5.74) is 2.77. The molecule has 1 amide bonds. The largest absolute Gasteiger partial charge is 0.393 e. The summed E-state index contributed by atoms with van der Waals surface area (Å²) in [5, 5.41) is 14.6. The van der Waals surface area contributed by atoms with E-state index in [2.05, 4.69) is 52.9 Å². The van der Waals surface area contributed by atoms with Crippen molar-refractivity contribution in [1.82, 2.24) is 5.32 Å². The average Bonchev–Trinajstić information content (AvgIpc) is 3.62. The highest BCUT2D eigenvalue weighted by molar-refractivity contribution is 5.81. The van der Waals surface area contributed by atoms with E-state index in [1.807, 2.05) is 0 Å². The maximum atomic E-state index is 13.1. The standard InChI is InChI=1S/C32H51NO2/c1-28(2)17-18-32(33-27(35)20-7-8-20)16-11-22-21(23(32)19-28)9-10-25-30(22,5)14-12-24-29(3,4)26(34)13-15-31(24,25)6/h9,20,22-26,34H,7-8,10-19H2,1-6H3,(H,33,35). The van der Waals surface area contributed by atoms with E-state index >= 15 is 0 Å². The van der Waals surface area contributed by atoms with Crippen molar-refractivity contribution < 1.29 is 9.90 Å². The van der Waals surface area contributed by atoms with Crippen LogP contribution >= 0.6 is 0 Å². The van der Waals surface area contributed by atoms with Crippen LogP contribution in [0.5, 0.6) is 0 Å². The molecule has 0 saturated heterocycles. The van der Waals surface area contributed by atoms with Crippen molar-refractivity contribution in [1.29, 1.82) is 0 Å². The van der Waals surface area contributed by atoms with Crippen LogP contribution in [0.25, 0.3) is 0 Å². The normalized spacial score (nSPS) is 50.0. The van der Waals surface area contributed by atoms with Gasteiger partial charge in [0, 0.05) is 17.4 Å². The minimum Gasteiger partial charge on any atom is -0.393 e. The van der Waals surface area contributed by atoms with E-state index in [9.17, 15) is 9.90 Å². The van der Waals surface area contributed by atoms with Crippen molar-refractivity contribution >= 4 is 5.91 Å². The van der Waals surface area contributed by atoms with Crippen LogP contribution in [0.2, 0.25) is 0 Å². The van der Waals surface area contributed by atoms with Gasteiger partial charge in [-0.05, 0) is 116 Å². The van der Waals surface area contributed by atoms with Crippen molar-refractivity contribution in [3.05, 3.63) is 11.6 Å². The summed E-state index contributed by atoms with van der Waals surface area (Å²) in [6.07, 6.45) is 16.6. The second kappa shape index (κ2) is 7.61. The van der Waals surface area contributed by atoms with Gasteiger partial charge in [0.2, 0.25) is 5.91 Å². The van der Waals surface area contributed by atoms with E-state index in [0.29, 0.717) is 51.7 Å². The number of carbonyl (C=O) groups is 1. The molecule has 5 saturated carbocycles. The Morgan fingerprint density at radius 2 is 1.54 bits per heavy atom. The molecule has 0 spiro atoms. The zero-order valence-corrected chi connectivity index (χ0v) is 23.4. The average molecular weight is 482 g/mol. The SMILES string of the molecule is CC1(C)CCC2(NC(=O)C3CC3)CCC3C(=CCC4C3(C)CCC3C(C)(C)C(O)CCC34C)C2C1. The fourth-order valence-corrected chi connectivity index (χ4v) is 10.8. The zero-order chi connectivity index (χ0) is 25.0. The number of carbonyl (C=O) groups excluding carboxylic acids is 1. The molecule has 2 N–H and O–H groups in total. The molecule has 6 aliphatic rings. The number of allylic oxidation sites excluding steroid dienone is 1. The predicted molar refractivity (Wildman–Crippen MR) is 142 cm³/mol. The predicted octanol–water partition coefficient (Wildman–Crippen LogP) is 7.04. The number of aliphatic hydroxyl groups excluding tert-OH is 1. The molecule has 35 heavy (non-hydrogen) atoms. The fraction of sp³-hybridized carbons (Fsp3) is 0.906. The van der Waals surface area contributed by atoms with Gasteiger partial charge in [0.25, 0.3) is 0 Å². The zero-order valence-electron chi connectivity index (χ0n) is 23.4. The highest BCUT2D eigenvalue weighted by Crippen LogP contribution is 2.71. The van der Waals surface area contributed by atoms with Crippen LogP contribution in [0.3, 0.4) is 0 Å². The van der Waals surface area contributed by atoms with Crippen LogP contribution in [0.1, 0.15) is 119 Å². The Morgan fingerprint density at radius 1 is 0.829 bits per heavy atom. The van der Waals surface area contributed by atoms with E-state index in [4.69, 9.17) is 0 Å². The second-order valence-corrected chi connectivity index (χ2v) is 15.9. The molecule has 0 aromatic rings. The van der Waals surface area contributed by atoms with Gasteiger partial charge in [-0.25, -0.2) is 0 Å². The molecule has 0 radical (unpaired) electrons. The molecular formula is C32H51NO2. The van der Waals surface area contributed by atoms with Gasteiger partial charge < -0.3 is 10.4 Å². The lowest BCUT2D eigenvalue weighted by Crippen LogP contribution is -2.65. The minimum atomic E-state index is -0.158. The van der Waals surface area contributed by atoms with Gasteiger partial charge in [-0.15, -0.1) is 0 Å². The third-order valence-corrected chi connectivity index (χ3v) is 13.1. The molecule has 3 nitrogen and oxygen atoms in total. The lowest BCUT2D eigenvalue weighted by Gasteiger charge is -2.68. The molecule has 0 heterocycles. The number of hydrogen-bond acceptors (Lipinski definition) is 2. The van der Waals surface area contributed by atoms with Gasteiger partial charge in [0.05, 0.1) is 6.10 Å². The van der Waals surface area contributed by atoms with Crippen molar-refractivity contribution in [3.63, 3.8) is 0 Å². The van der Waals surface area contributed by atoms with Crippen molar-refractivity contribution in [2.75, 3.05) is 0 Å². The van der Waals surface area contributed by atoms with E-state index in [0.717, 1.165) is 25.7 Å². The Bertz CT molecular complexity index is 930. The summed E-state index contributed by atoms with van der Waals surface area (Å²) in [4.78, 5) is 13.1. The molecule has 0 bridgehead atoms. The maximum absolute atomic E-state index is 13.1. The van der Waals surface area contributed by atoms with Crippen LogP contribution in [0, 0.1) is 51.2 Å². The fourth-order valence-electron chi connectivity index (χ4n) is 10.8. The van der Waals surface area contributed by atoms with Crippen molar-refractivity contribution in [2.24, 2.45) is 51.2 Å². The third kappa shape index (κ3) is 3.48. The Labute approximate surface area is 214 Å². The Balaban J connectivity index is 1.36. The maximum Gasteiger partial charge on any atom is 0.223 e. The Kier molecular flexibility index (Phi) is 5.33. The van der Waals surface area contributed by atoms with Crippen LogP contribution in [0.4, 0.5) is 0 Å². The highest BCUT2D eigenvalue weighted by Gasteiger charge is 2.65. The number of amides is 1. The first-order chi connectivity index (χ1) is 16.3. The molecule has 8 atom stereocenters. The number of aliphatic hydroxyl groups is 1. The second-order valence-electron chi connectivity index (χ2n) is 15.9. The lowest BCUT2D eigenvalue weighted by molar-refractivity contribution is -0.185. The van der Waals surface area contributed by atoms with Crippen LogP contribution in [-0.2, 0) is 4.79 Å². The number of fused-ring (bicyclic) bond motifs is 7. The summed E-state index contributed by atoms with van der Waals surface area (Å²) < 4.78 is 0. The van der Waals surface area contributed by atoms with Gasteiger partial charge in [0.15, 0.2) is 0 Å². The first-order valence-corrected chi connectivity index (χ1v) is 15.0. The van der Waals surface area contributed by atoms with Crippen molar-refractivity contribution in [3.8, 4) is 0 Å². The van der Waals surface area contributed by atoms with Gasteiger partial charge in [0.1, 0.15) is 0 Å². The van der Waals surface area contributed by atoms with Crippen LogP contribution < -0.4 is 5.32 Å². The van der Waals surface area contributed by atoms with Gasteiger partial charge in [-0.1, -0.05) is 53.2 Å². The van der Waals surface area contributed by atoms with E-state index in [1.165, 1.54) is 51.4 Å². The molecule has 5 fully saturated rings. The molecule has 0 aromatic carbocycles. The summed E-state index contributed by atoms with van der Waals surface area (Å²) in [6, 6.07) is 0. The Hall–Kier alpha value is -0.830. The number of nitrogens with one attached hydrogen (secondary N) is 1. The van der Waals surface area contributed by atoms with E-state index < -0.39 is 0 Å². The first kappa shape index (κ1) is 24.5. The van der Waals surface area contributed by atoms with Crippen LogP contribution in [-0.4, -0.2) is 22.7 Å². The molecule has 0 aromatic heterocycles. The minimum absolute atomic E-state index is 0.00122. The monoisotopic (exact) mass is 481 g/mol. The summed E-state index contributed by atoms with van der Waals surface area (Å²) in [7, 11) is 0. The van der Waals surface area contributed by atoms with Gasteiger partial charge in [-0.3, -0.25) is 4.79 Å². The quantitative estimate of drug-likeness (QED) is 0.416. The van der Waals surface area contributed by atoms with Crippen LogP contribution in [0.15, 0.2) is 11.6 Å².